The molecule has 0 bridgehead atoms. The van der Waals surface area contributed by atoms with E-state index in [4.69, 9.17) is 18.9 Å². The summed E-state index contributed by atoms with van der Waals surface area (Å²) in [5.74, 6) is 3.11. The van der Waals surface area contributed by atoms with Crippen LogP contribution in [0.3, 0.4) is 0 Å². The van der Waals surface area contributed by atoms with E-state index in [-0.39, 0.29) is 24.0 Å². The van der Waals surface area contributed by atoms with E-state index in [1.54, 1.807) is 28.4 Å². The molecule has 0 aliphatic carbocycles. The van der Waals surface area contributed by atoms with Crippen molar-refractivity contribution < 1.29 is 47.4 Å². The average Bonchev–Trinajstić information content (AvgIpc) is 2.68. The first-order chi connectivity index (χ1) is 12.9. The van der Waals surface area contributed by atoms with Crippen LogP contribution in [0.4, 0.5) is 0 Å². The average molecular weight is 499 g/mol. The van der Waals surface area contributed by atoms with Crippen molar-refractivity contribution >= 4 is 0 Å². The molecule has 1 aliphatic rings. The lowest BCUT2D eigenvalue weighted by Gasteiger charge is -2.43. The second kappa shape index (κ2) is 9.22. The van der Waals surface area contributed by atoms with Gasteiger partial charge in [-0.25, -0.2) is 0 Å². The first-order valence-electron chi connectivity index (χ1n) is 9.22. The third-order valence-corrected chi connectivity index (χ3v) is 5.68. The molecule has 0 spiro atoms. The zero-order valence-corrected chi connectivity index (χ0v) is 19.7. The number of methoxy groups -OCH3 is 4. The molecule has 1 heterocycles. The van der Waals surface area contributed by atoms with Crippen molar-refractivity contribution in [3.63, 3.8) is 0 Å². The number of fused-ring (bicyclic) bond motifs is 1. The molecule has 0 saturated heterocycles. The number of likely N-dealkylation sites (N-methyl/N-ethyl adjacent to an activating group) is 1. The standard InChI is InChI=1S/C22H30NO4.HI/c1-23(2)10-9-16-13-21(26-5)22(27-6)14-17(16)18(23)11-15-7-8-19(24-3)20(12-15)25-4;/h7-8,12-14,18H,9-11H2,1-6H3;1H/q+1;/p-1/t18-;/m0./s1. The first-order valence-corrected chi connectivity index (χ1v) is 9.22. The fourth-order valence-corrected chi connectivity index (χ4v) is 3.99. The second-order valence-electron chi connectivity index (χ2n) is 7.57. The van der Waals surface area contributed by atoms with Crippen LogP contribution >= 0.6 is 0 Å². The highest BCUT2D eigenvalue weighted by atomic mass is 127. The number of nitrogens with zero attached hydrogens (tertiary/aromatic N) is 1. The molecule has 6 heteroatoms. The van der Waals surface area contributed by atoms with Crippen LogP contribution in [-0.2, 0) is 12.8 Å². The Bertz CT molecular complexity index is 822. The van der Waals surface area contributed by atoms with E-state index in [9.17, 15) is 0 Å². The summed E-state index contributed by atoms with van der Waals surface area (Å²) in [6, 6.07) is 10.8. The Hall–Kier alpha value is -1.67. The van der Waals surface area contributed by atoms with Gasteiger partial charge in [0.1, 0.15) is 6.04 Å². The summed E-state index contributed by atoms with van der Waals surface area (Å²) in [5, 5.41) is 0. The van der Waals surface area contributed by atoms with Gasteiger partial charge in [0.2, 0.25) is 0 Å². The van der Waals surface area contributed by atoms with Gasteiger partial charge >= 0.3 is 0 Å². The summed E-state index contributed by atoms with van der Waals surface area (Å²) in [7, 11) is 11.3. The zero-order chi connectivity index (χ0) is 19.6. The summed E-state index contributed by atoms with van der Waals surface area (Å²) < 4.78 is 22.9. The molecule has 2 aromatic rings. The predicted octanol–water partition coefficient (Wildman–Crippen LogP) is 0.641. The highest BCUT2D eigenvalue weighted by Crippen LogP contribution is 2.42. The number of quaternary nitrogens is 1. The van der Waals surface area contributed by atoms with Crippen LogP contribution in [0.2, 0.25) is 0 Å². The van der Waals surface area contributed by atoms with Gasteiger partial charge in [-0.2, -0.15) is 0 Å². The molecular formula is C22H30INO4. The van der Waals surface area contributed by atoms with Crippen molar-refractivity contribution in [2.75, 3.05) is 49.1 Å². The van der Waals surface area contributed by atoms with E-state index in [1.807, 2.05) is 6.07 Å². The number of halogens is 1. The summed E-state index contributed by atoms with van der Waals surface area (Å²) in [6.45, 7) is 1.08. The fourth-order valence-electron chi connectivity index (χ4n) is 3.99. The topological polar surface area (TPSA) is 36.9 Å². The molecule has 0 radical (unpaired) electrons. The van der Waals surface area contributed by atoms with Crippen LogP contribution in [0.1, 0.15) is 22.7 Å². The minimum absolute atomic E-state index is 0. The maximum Gasteiger partial charge on any atom is 0.161 e. The van der Waals surface area contributed by atoms with Gasteiger partial charge in [0.05, 0.1) is 49.1 Å². The van der Waals surface area contributed by atoms with Crippen molar-refractivity contribution in [3.8, 4) is 23.0 Å². The monoisotopic (exact) mass is 499 g/mol. The number of rotatable bonds is 6. The Morgan fingerprint density at radius 3 is 2.00 bits per heavy atom. The van der Waals surface area contributed by atoms with E-state index in [1.165, 1.54) is 16.7 Å². The highest BCUT2D eigenvalue weighted by molar-refractivity contribution is 5.49. The number of hydrogen-bond donors (Lipinski definition) is 0. The van der Waals surface area contributed by atoms with Crippen LogP contribution in [-0.4, -0.2) is 53.6 Å². The van der Waals surface area contributed by atoms with E-state index in [0.29, 0.717) is 6.04 Å². The van der Waals surface area contributed by atoms with Gasteiger partial charge in [-0.3, -0.25) is 0 Å². The Kier molecular flexibility index (Phi) is 7.45. The second-order valence-corrected chi connectivity index (χ2v) is 7.57. The normalized spacial score (nSPS) is 17.1. The van der Waals surface area contributed by atoms with Gasteiger partial charge in [0, 0.05) is 18.4 Å². The molecule has 0 saturated carbocycles. The molecule has 0 aromatic heterocycles. The third kappa shape index (κ3) is 4.33. The third-order valence-electron chi connectivity index (χ3n) is 5.68. The quantitative estimate of drug-likeness (QED) is 0.432. The lowest BCUT2D eigenvalue weighted by Crippen LogP contribution is -3.00. The van der Waals surface area contributed by atoms with Crippen molar-refractivity contribution in [2.45, 2.75) is 18.9 Å². The fraction of sp³-hybridized carbons (Fsp3) is 0.455. The minimum Gasteiger partial charge on any atom is -1.00 e. The maximum atomic E-state index is 5.57. The van der Waals surface area contributed by atoms with Crippen LogP contribution in [0, 0.1) is 0 Å². The van der Waals surface area contributed by atoms with Gasteiger partial charge in [0.15, 0.2) is 23.0 Å². The molecule has 0 N–H and O–H groups in total. The van der Waals surface area contributed by atoms with E-state index in [0.717, 1.165) is 46.9 Å². The first kappa shape index (κ1) is 22.6. The molecule has 154 valence electrons. The maximum absolute atomic E-state index is 5.57. The molecule has 5 nitrogen and oxygen atoms in total. The summed E-state index contributed by atoms with van der Waals surface area (Å²) in [4.78, 5) is 0. The lowest BCUT2D eigenvalue weighted by atomic mass is 9.87. The molecule has 1 aliphatic heterocycles. The molecule has 0 unspecified atom stereocenters. The lowest BCUT2D eigenvalue weighted by molar-refractivity contribution is -0.923. The summed E-state index contributed by atoms with van der Waals surface area (Å²) in [6.07, 6.45) is 1.95. The Morgan fingerprint density at radius 2 is 1.39 bits per heavy atom. The molecule has 0 fully saturated rings. The minimum atomic E-state index is 0. The van der Waals surface area contributed by atoms with Crippen molar-refractivity contribution in [2.24, 2.45) is 0 Å². The van der Waals surface area contributed by atoms with Crippen molar-refractivity contribution in [1.82, 2.24) is 0 Å². The van der Waals surface area contributed by atoms with Gasteiger partial charge in [-0.05, 0) is 35.4 Å². The van der Waals surface area contributed by atoms with E-state index in [2.05, 4.69) is 38.4 Å². The van der Waals surface area contributed by atoms with Gasteiger partial charge in [-0.1, -0.05) is 6.07 Å². The molecule has 1 atom stereocenters. The van der Waals surface area contributed by atoms with Crippen LogP contribution < -0.4 is 42.9 Å². The number of hydrogen-bond acceptors (Lipinski definition) is 4. The van der Waals surface area contributed by atoms with E-state index >= 15 is 0 Å². The van der Waals surface area contributed by atoms with Gasteiger partial charge in [-0.15, -0.1) is 0 Å². The summed E-state index contributed by atoms with van der Waals surface area (Å²) in [5.41, 5.74) is 3.90. The Balaban J connectivity index is 0.00000280. The van der Waals surface area contributed by atoms with Gasteiger partial charge < -0.3 is 47.4 Å². The van der Waals surface area contributed by atoms with Crippen molar-refractivity contribution in [3.05, 3.63) is 47.0 Å². The van der Waals surface area contributed by atoms with Crippen molar-refractivity contribution in [1.29, 1.82) is 0 Å². The van der Waals surface area contributed by atoms with Crippen LogP contribution in [0.25, 0.3) is 0 Å². The highest BCUT2D eigenvalue weighted by Gasteiger charge is 2.37. The SMILES string of the molecule is COc1ccc(C[C@H]2c3cc(OC)c(OC)cc3CC[N+]2(C)C)cc1OC.[I-]. The molecule has 0 amide bonds. The molecule has 2 aromatic carbocycles. The summed E-state index contributed by atoms with van der Waals surface area (Å²) >= 11 is 0. The van der Waals surface area contributed by atoms with Gasteiger partial charge in [0.25, 0.3) is 0 Å². The molecule has 3 rings (SSSR count). The largest absolute Gasteiger partial charge is 1.00 e. The smallest absolute Gasteiger partial charge is 0.161 e. The van der Waals surface area contributed by atoms with Crippen LogP contribution in [0.15, 0.2) is 30.3 Å². The number of ether oxygens (including phenoxy) is 4. The Morgan fingerprint density at radius 1 is 0.821 bits per heavy atom. The predicted molar refractivity (Wildman–Crippen MR) is 106 cm³/mol. The van der Waals surface area contributed by atoms with Crippen LogP contribution in [0.5, 0.6) is 23.0 Å². The number of benzene rings is 2. The molecular weight excluding hydrogens is 469 g/mol. The van der Waals surface area contributed by atoms with E-state index < -0.39 is 0 Å². The zero-order valence-electron chi connectivity index (χ0n) is 17.5. The Labute approximate surface area is 185 Å². The molecule has 28 heavy (non-hydrogen) atoms.